The van der Waals surface area contributed by atoms with Gasteiger partial charge in [-0.15, -0.1) is 0 Å². The molecule has 10 rings (SSSR count). The Morgan fingerprint density at radius 2 is 1.02 bits per heavy atom. The number of nitrogens with zero attached hydrogens (tertiary/aromatic N) is 3. The normalized spacial score (nSPS) is 13.0. The third-order valence-electron chi connectivity index (χ3n) is 9.05. The number of hydrogen-bond acceptors (Lipinski definition) is 5. The van der Waals surface area contributed by atoms with E-state index in [0.29, 0.717) is 34.2 Å². The van der Waals surface area contributed by atoms with Crippen molar-refractivity contribution in [2.24, 2.45) is 0 Å². The Hall–Kier alpha value is -6.85. The van der Waals surface area contributed by atoms with Crippen molar-refractivity contribution in [2.45, 2.75) is 0 Å². The van der Waals surface area contributed by atoms with Crippen LogP contribution >= 0.6 is 0 Å². The Morgan fingerprint density at radius 1 is 0.380 bits per heavy atom. The standard InChI is InChI=1S/C45H27N3O2/c1-3-10-28(11-4-1)29-18-20-30(21-19-29)32-23-25-40-38(26-32)35-24-22-33(27-41(35)49-40)44-46-43(31-12-5-2-6-13-31)47-45(48-44)37-16-9-15-36-34-14-7-8-17-39(34)50-42(36)37/h1-27H/i1D,3D,4D,10D,11D. The summed E-state index contributed by atoms with van der Waals surface area (Å²) in [5.41, 5.74) is 7.91. The van der Waals surface area contributed by atoms with Crippen LogP contribution in [-0.2, 0) is 0 Å². The molecule has 0 aliphatic carbocycles. The lowest BCUT2D eigenvalue weighted by molar-refractivity contribution is 0.668. The molecule has 0 spiro atoms. The van der Waals surface area contributed by atoms with Crippen molar-refractivity contribution in [1.82, 2.24) is 15.0 Å². The van der Waals surface area contributed by atoms with Crippen LogP contribution in [0, 0.1) is 0 Å². The fraction of sp³-hybridized carbons (Fsp3) is 0. The number of para-hydroxylation sites is 2. The number of benzene rings is 7. The Labute approximate surface area is 294 Å². The van der Waals surface area contributed by atoms with Gasteiger partial charge >= 0.3 is 0 Å². The number of fused-ring (bicyclic) bond motifs is 6. The van der Waals surface area contributed by atoms with Crippen molar-refractivity contribution >= 4 is 43.9 Å². The van der Waals surface area contributed by atoms with Crippen LogP contribution in [0.5, 0.6) is 0 Å². The van der Waals surface area contributed by atoms with Gasteiger partial charge in [0.25, 0.3) is 0 Å². The molecule has 0 bridgehead atoms. The van der Waals surface area contributed by atoms with Gasteiger partial charge in [0.1, 0.15) is 22.3 Å². The second-order valence-corrected chi connectivity index (χ2v) is 12.1. The van der Waals surface area contributed by atoms with E-state index in [4.69, 9.17) is 30.6 Å². The molecule has 0 saturated heterocycles. The van der Waals surface area contributed by atoms with Gasteiger partial charge in [-0.05, 0) is 58.7 Å². The first-order valence-corrected chi connectivity index (χ1v) is 16.2. The summed E-state index contributed by atoms with van der Waals surface area (Å²) in [6, 6.07) is 41.6. The maximum atomic E-state index is 8.36. The van der Waals surface area contributed by atoms with E-state index in [1.807, 2.05) is 109 Å². The number of aromatic nitrogens is 3. The smallest absolute Gasteiger partial charge is 0.167 e. The summed E-state index contributed by atoms with van der Waals surface area (Å²) in [6.07, 6.45) is 0. The molecule has 234 valence electrons. The molecule has 0 atom stereocenters. The third kappa shape index (κ3) is 4.75. The molecule has 0 aliphatic heterocycles. The van der Waals surface area contributed by atoms with Crippen LogP contribution in [0.4, 0.5) is 0 Å². The van der Waals surface area contributed by atoms with Gasteiger partial charge in [-0.2, -0.15) is 0 Å². The number of furan rings is 2. The average Bonchev–Trinajstić information content (AvgIpc) is 3.80. The van der Waals surface area contributed by atoms with Crippen molar-refractivity contribution in [3.63, 3.8) is 0 Å². The molecule has 0 unspecified atom stereocenters. The highest BCUT2D eigenvalue weighted by Gasteiger charge is 2.18. The molecular weight excluding hydrogens is 615 g/mol. The van der Waals surface area contributed by atoms with Crippen molar-refractivity contribution in [2.75, 3.05) is 0 Å². The van der Waals surface area contributed by atoms with Gasteiger partial charge in [-0.3, -0.25) is 0 Å². The second-order valence-electron chi connectivity index (χ2n) is 12.1. The first kappa shape index (κ1) is 23.5. The highest BCUT2D eigenvalue weighted by atomic mass is 16.3. The Kier molecular flexibility index (Phi) is 5.35. The van der Waals surface area contributed by atoms with E-state index in [0.717, 1.165) is 60.5 Å². The van der Waals surface area contributed by atoms with E-state index in [-0.39, 0.29) is 29.7 Å². The minimum atomic E-state index is -0.407. The number of rotatable bonds is 5. The van der Waals surface area contributed by atoms with E-state index in [1.54, 1.807) is 12.1 Å². The van der Waals surface area contributed by atoms with Crippen molar-refractivity contribution < 1.29 is 15.7 Å². The molecule has 5 heteroatoms. The fourth-order valence-corrected chi connectivity index (χ4v) is 6.58. The molecular formula is C45H27N3O2. The molecule has 0 fully saturated rings. The zero-order chi connectivity index (χ0) is 37.4. The van der Waals surface area contributed by atoms with Crippen LogP contribution < -0.4 is 0 Å². The zero-order valence-corrected chi connectivity index (χ0v) is 26.4. The van der Waals surface area contributed by atoms with Crippen LogP contribution in [-0.4, -0.2) is 15.0 Å². The summed E-state index contributed by atoms with van der Waals surface area (Å²) in [7, 11) is 0. The molecule has 0 aliphatic rings. The lowest BCUT2D eigenvalue weighted by Crippen LogP contribution is -2.00. The van der Waals surface area contributed by atoms with E-state index in [1.165, 1.54) is 0 Å². The van der Waals surface area contributed by atoms with Gasteiger partial charge in [-0.1, -0.05) is 127 Å². The van der Waals surface area contributed by atoms with E-state index in [9.17, 15) is 0 Å². The van der Waals surface area contributed by atoms with Crippen molar-refractivity contribution in [3.05, 3.63) is 164 Å². The molecule has 5 nitrogen and oxygen atoms in total. The van der Waals surface area contributed by atoms with Gasteiger partial charge in [0.05, 0.1) is 12.4 Å². The highest BCUT2D eigenvalue weighted by molar-refractivity contribution is 6.09. The summed E-state index contributed by atoms with van der Waals surface area (Å²) < 4.78 is 53.5. The topological polar surface area (TPSA) is 65.0 Å². The fourth-order valence-electron chi connectivity index (χ4n) is 6.58. The maximum Gasteiger partial charge on any atom is 0.167 e. The van der Waals surface area contributed by atoms with Gasteiger partial charge in [-0.25, -0.2) is 15.0 Å². The SMILES string of the molecule is [2H]c1c([2H])c([2H])c(-c2ccc(-c3ccc4oc5cc(-c6nc(-c7ccccc7)nc(-c7cccc8c7oc7ccccc78)n6)ccc5c4c3)cc2)c([2H])c1[2H]. The molecule has 50 heavy (non-hydrogen) atoms. The average molecular weight is 647 g/mol. The summed E-state index contributed by atoms with van der Waals surface area (Å²) in [5.74, 6) is 1.54. The van der Waals surface area contributed by atoms with Crippen LogP contribution in [0.15, 0.2) is 173 Å². The van der Waals surface area contributed by atoms with Gasteiger partial charge in [0, 0.05) is 32.7 Å². The molecule has 0 radical (unpaired) electrons. The maximum absolute atomic E-state index is 8.36. The first-order valence-electron chi connectivity index (χ1n) is 18.7. The van der Waals surface area contributed by atoms with Crippen LogP contribution in [0.2, 0.25) is 0 Å². The summed E-state index contributed by atoms with van der Waals surface area (Å²) in [4.78, 5) is 14.9. The number of hydrogen-bond donors (Lipinski definition) is 0. The van der Waals surface area contributed by atoms with Crippen LogP contribution in [0.25, 0.3) is 100 Å². The van der Waals surface area contributed by atoms with Crippen molar-refractivity contribution in [3.8, 4) is 56.4 Å². The third-order valence-corrected chi connectivity index (χ3v) is 9.05. The summed E-state index contributed by atoms with van der Waals surface area (Å²) >= 11 is 0. The second kappa shape index (κ2) is 11.4. The molecule has 3 heterocycles. The highest BCUT2D eigenvalue weighted by Crippen LogP contribution is 2.38. The van der Waals surface area contributed by atoms with Gasteiger partial charge < -0.3 is 8.83 Å². The summed E-state index contributed by atoms with van der Waals surface area (Å²) in [6.45, 7) is 0. The lowest BCUT2D eigenvalue weighted by Gasteiger charge is -2.09. The Bertz CT molecular complexity index is 3130. The summed E-state index contributed by atoms with van der Waals surface area (Å²) in [5, 5.41) is 3.89. The zero-order valence-electron chi connectivity index (χ0n) is 31.4. The predicted octanol–water partition coefficient (Wildman–Crippen LogP) is 12.0. The molecule has 0 saturated carbocycles. The molecule has 0 amide bonds. The molecule has 7 aromatic carbocycles. The quantitative estimate of drug-likeness (QED) is 0.186. The monoisotopic (exact) mass is 646 g/mol. The minimum absolute atomic E-state index is 0.178. The van der Waals surface area contributed by atoms with Crippen LogP contribution in [0.1, 0.15) is 6.85 Å². The van der Waals surface area contributed by atoms with Crippen molar-refractivity contribution in [1.29, 1.82) is 0 Å². The largest absolute Gasteiger partial charge is 0.456 e. The van der Waals surface area contributed by atoms with Gasteiger partial charge in [0.2, 0.25) is 0 Å². The first-order chi connectivity index (χ1) is 26.8. The van der Waals surface area contributed by atoms with E-state index in [2.05, 4.69) is 12.1 Å². The Balaban J connectivity index is 1.05. The molecule has 10 aromatic rings. The Morgan fingerprint density at radius 3 is 1.86 bits per heavy atom. The predicted molar refractivity (Wildman–Crippen MR) is 202 cm³/mol. The minimum Gasteiger partial charge on any atom is -0.456 e. The molecule has 3 aromatic heterocycles. The van der Waals surface area contributed by atoms with E-state index >= 15 is 0 Å². The van der Waals surface area contributed by atoms with Gasteiger partial charge in [0.15, 0.2) is 17.5 Å². The van der Waals surface area contributed by atoms with E-state index < -0.39 is 6.04 Å². The lowest BCUT2D eigenvalue weighted by atomic mass is 9.99. The van der Waals surface area contributed by atoms with Crippen LogP contribution in [0.3, 0.4) is 0 Å². The molecule has 0 N–H and O–H groups in total.